The number of benzene rings is 2. The number of hydrogen-bond donors (Lipinski definition) is 1. The van der Waals surface area contributed by atoms with Gasteiger partial charge in [0.15, 0.2) is 0 Å². The number of carbonyl (C=O) groups excluding carboxylic acids is 1. The van der Waals surface area contributed by atoms with E-state index in [0.717, 1.165) is 40.0 Å². The van der Waals surface area contributed by atoms with E-state index in [9.17, 15) is 13.6 Å². The Labute approximate surface area is 140 Å². The molecule has 2 nitrogen and oxygen atoms in total. The SMILES string of the molecule is Cc1ccc(NC(=O)[C@H](C)Sc2cc(F)ccc2F)c(Br)c1. The van der Waals surface area contributed by atoms with Crippen molar-refractivity contribution in [3.05, 3.63) is 58.1 Å². The highest BCUT2D eigenvalue weighted by atomic mass is 79.9. The molecular weight excluding hydrogens is 372 g/mol. The Hall–Kier alpha value is -1.40. The van der Waals surface area contributed by atoms with Crippen LogP contribution < -0.4 is 5.32 Å². The van der Waals surface area contributed by atoms with Gasteiger partial charge < -0.3 is 5.32 Å². The molecule has 2 rings (SSSR count). The molecule has 2 aromatic rings. The summed E-state index contributed by atoms with van der Waals surface area (Å²) < 4.78 is 27.5. The van der Waals surface area contributed by atoms with Crippen LogP contribution in [0.4, 0.5) is 14.5 Å². The summed E-state index contributed by atoms with van der Waals surface area (Å²) in [5, 5.41) is 2.20. The van der Waals surface area contributed by atoms with Gasteiger partial charge in [-0.05, 0) is 65.7 Å². The van der Waals surface area contributed by atoms with Crippen LogP contribution in [0.5, 0.6) is 0 Å². The van der Waals surface area contributed by atoms with Gasteiger partial charge in [0.25, 0.3) is 0 Å². The van der Waals surface area contributed by atoms with Crippen LogP contribution >= 0.6 is 27.7 Å². The zero-order valence-electron chi connectivity index (χ0n) is 12.0. The first-order valence-electron chi connectivity index (χ1n) is 6.55. The van der Waals surface area contributed by atoms with Crippen LogP contribution in [0.3, 0.4) is 0 Å². The van der Waals surface area contributed by atoms with Crippen molar-refractivity contribution in [2.75, 3.05) is 5.32 Å². The predicted octanol–water partition coefficient (Wildman–Crippen LogP) is 5.16. The molecule has 0 aromatic heterocycles. The molecule has 6 heteroatoms. The predicted molar refractivity (Wildman–Crippen MR) is 89.2 cm³/mol. The van der Waals surface area contributed by atoms with Gasteiger partial charge in [-0.3, -0.25) is 4.79 Å². The van der Waals surface area contributed by atoms with Gasteiger partial charge in [-0.25, -0.2) is 8.78 Å². The van der Waals surface area contributed by atoms with Gasteiger partial charge in [0.2, 0.25) is 5.91 Å². The summed E-state index contributed by atoms with van der Waals surface area (Å²) in [5.74, 6) is -1.35. The molecule has 0 saturated carbocycles. The molecule has 0 aliphatic heterocycles. The lowest BCUT2D eigenvalue weighted by molar-refractivity contribution is -0.115. The fraction of sp³-hybridized carbons (Fsp3) is 0.188. The molecule has 116 valence electrons. The average Bonchev–Trinajstić information content (AvgIpc) is 2.45. The number of hydrogen-bond acceptors (Lipinski definition) is 2. The number of amides is 1. The van der Waals surface area contributed by atoms with Crippen LogP contribution in [-0.4, -0.2) is 11.2 Å². The highest BCUT2D eigenvalue weighted by molar-refractivity contribution is 9.10. The third kappa shape index (κ3) is 4.30. The zero-order chi connectivity index (χ0) is 16.3. The van der Waals surface area contributed by atoms with Gasteiger partial charge in [-0.1, -0.05) is 6.07 Å². The van der Waals surface area contributed by atoms with E-state index in [-0.39, 0.29) is 10.8 Å². The van der Waals surface area contributed by atoms with Gasteiger partial charge in [0, 0.05) is 9.37 Å². The van der Waals surface area contributed by atoms with Crippen molar-refractivity contribution in [1.82, 2.24) is 0 Å². The van der Waals surface area contributed by atoms with E-state index in [0.29, 0.717) is 5.69 Å². The van der Waals surface area contributed by atoms with E-state index in [1.54, 1.807) is 13.0 Å². The highest BCUT2D eigenvalue weighted by Crippen LogP contribution is 2.29. The number of halogens is 3. The summed E-state index contributed by atoms with van der Waals surface area (Å²) in [6.45, 7) is 3.59. The van der Waals surface area contributed by atoms with Crippen molar-refractivity contribution in [2.24, 2.45) is 0 Å². The van der Waals surface area contributed by atoms with Gasteiger partial charge >= 0.3 is 0 Å². The lowest BCUT2D eigenvalue weighted by Crippen LogP contribution is -2.22. The molecule has 1 atom stereocenters. The Morgan fingerprint density at radius 2 is 1.95 bits per heavy atom. The Morgan fingerprint density at radius 3 is 2.64 bits per heavy atom. The van der Waals surface area contributed by atoms with Gasteiger partial charge in [-0.15, -0.1) is 11.8 Å². The molecule has 1 amide bonds. The first-order valence-corrected chi connectivity index (χ1v) is 8.23. The van der Waals surface area contributed by atoms with Crippen LogP contribution in [0.15, 0.2) is 45.8 Å². The number of thioether (sulfide) groups is 1. The number of rotatable bonds is 4. The van der Waals surface area contributed by atoms with Crippen molar-refractivity contribution in [3.63, 3.8) is 0 Å². The molecule has 0 aliphatic carbocycles. The first kappa shape index (κ1) is 17.0. The van der Waals surface area contributed by atoms with E-state index in [1.807, 2.05) is 19.1 Å². The maximum atomic E-state index is 13.6. The lowest BCUT2D eigenvalue weighted by atomic mass is 10.2. The van der Waals surface area contributed by atoms with Crippen LogP contribution in [-0.2, 0) is 4.79 Å². The summed E-state index contributed by atoms with van der Waals surface area (Å²) >= 11 is 4.36. The normalized spacial score (nSPS) is 12.0. The lowest BCUT2D eigenvalue weighted by Gasteiger charge is -2.14. The summed E-state index contributed by atoms with van der Waals surface area (Å²) in [6, 6.07) is 8.75. The van der Waals surface area contributed by atoms with Crippen molar-refractivity contribution in [2.45, 2.75) is 24.0 Å². The van der Waals surface area contributed by atoms with E-state index in [2.05, 4.69) is 21.2 Å². The number of aryl methyl sites for hydroxylation is 1. The van der Waals surface area contributed by atoms with Gasteiger partial charge in [0.1, 0.15) is 11.6 Å². The van der Waals surface area contributed by atoms with Crippen LogP contribution in [0.25, 0.3) is 0 Å². The maximum Gasteiger partial charge on any atom is 0.237 e. The minimum atomic E-state index is -0.565. The molecule has 1 N–H and O–H groups in total. The van der Waals surface area contributed by atoms with E-state index >= 15 is 0 Å². The summed E-state index contributed by atoms with van der Waals surface area (Å²) in [4.78, 5) is 12.3. The van der Waals surface area contributed by atoms with Crippen LogP contribution in [0.2, 0.25) is 0 Å². The molecule has 0 bridgehead atoms. The van der Waals surface area contributed by atoms with Crippen molar-refractivity contribution < 1.29 is 13.6 Å². The number of carbonyl (C=O) groups is 1. The summed E-state index contributed by atoms with van der Waals surface area (Å²) in [7, 11) is 0. The molecule has 2 aromatic carbocycles. The largest absolute Gasteiger partial charge is 0.324 e. The Kier molecular flexibility index (Phi) is 5.58. The second kappa shape index (κ2) is 7.24. The minimum Gasteiger partial charge on any atom is -0.324 e. The molecule has 22 heavy (non-hydrogen) atoms. The Bertz CT molecular complexity index is 709. The van der Waals surface area contributed by atoms with E-state index in [1.165, 1.54) is 0 Å². The quantitative estimate of drug-likeness (QED) is 0.736. The first-order chi connectivity index (χ1) is 10.4. The third-order valence-electron chi connectivity index (χ3n) is 2.95. The summed E-state index contributed by atoms with van der Waals surface area (Å²) in [5.41, 5.74) is 1.71. The average molecular weight is 386 g/mol. The molecule has 0 spiro atoms. The van der Waals surface area contributed by atoms with Crippen molar-refractivity contribution in [1.29, 1.82) is 0 Å². The fourth-order valence-electron chi connectivity index (χ4n) is 1.77. The Balaban J connectivity index is 2.07. The van der Waals surface area contributed by atoms with Gasteiger partial charge in [0.05, 0.1) is 10.9 Å². The van der Waals surface area contributed by atoms with Gasteiger partial charge in [-0.2, -0.15) is 0 Å². The third-order valence-corrected chi connectivity index (χ3v) is 4.74. The number of anilines is 1. The topological polar surface area (TPSA) is 29.1 Å². The minimum absolute atomic E-state index is 0.116. The zero-order valence-corrected chi connectivity index (χ0v) is 14.4. The van der Waals surface area contributed by atoms with Crippen LogP contribution in [0.1, 0.15) is 12.5 Å². The molecule has 0 radical (unpaired) electrons. The molecule has 0 aliphatic rings. The maximum absolute atomic E-state index is 13.6. The van der Waals surface area contributed by atoms with E-state index < -0.39 is 16.9 Å². The Morgan fingerprint density at radius 1 is 1.23 bits per heavy atom. The second-order valence-electron chi connectivity index (χ2n) is 4.81. The highest BCUT2D eigenvalue weighted by Gasteiger charge is 2.18. The molecule has 0 heterocycles. The second-order valence-corrected chi connectivity index (χ2v) is 7.04. The molecule has 0 fully saturated rings. The standard InChI is InChI=1S/C16H14BrF2NOS/c1-9-3-6-14(12(17)7-9)20-16(21)10(2)22-15-8-11(18)4-5-13(15)19/h3-8,10H,1-2H3,(H,20,21)/t10-/m0/s1. The van der Waals surface area contributed by atoms with E-state index in [4.69, 9.17) is 0 Å². The fourth-order valence-corrected chi connectivity index (χ4v) is 3.27. The van der Waals surface area contributed by atoms with Crippen molar-refractivity contribution >= 4 is 39.3 Å². The molecule has 0 unspecified atom stereocenters. The summed E-state index contributed by atoms with van der Waals surface area (Å²) in [6.07, 6.45) is 0. The smallest absolute Gasteiger partial charge is 0.237 e. The van der Waals surface area contributed by atoms with Crippen molar-refractivity contribution in [3.8, 4) is 0 Å². The molecule has 0 saturated heterocycles. The number of nitrogens with one attached hydrogen (secondary N) is 1. The molecular formula is C16H14BrF2NOS. The monoisotopic (exact) mass is 385 g/mol. The van der Waals surface area contributed by atoms with Crippen LogP contribution in [0, 0.1) is 18.6 Å².